The molecule has 12 nitrogen and oxygen atoms in total. The van der Waals surface area contributed by atoms with Gasteiger partial charge in [-0.2, -0.15) is 0 Å². The molecule has 0 spiro atoms. The number of rotatable bonds is 4. The van der Waals surface area contributed by atoms with Crippen molar-refractivity contribution in [1.82, 2.24) is 0 Å². The van der Waals surface area contributed by atoms with Gasteiger partial charge in [-0.25, -0.2) is 4.57 Å². The predicted octanol–water partition coefficient (Wildman–Crippen LogP) is -13.5. The van der Waals surface area contributed by atoms with Crippen molar-refractivity contribution in [2.75, 3.05) is 0 Å². The minimum absolute atomic E-state index is 0. The van der Waals surface area contributed by atoms with Crippen LogP contribution in [0.4, 0.5) is 0 Å². The summed E-state index contributed by atoms with van der Waals surface area (Å²) in [6, 6.07) is 0. The summed E-state index contributed by atoms with van der Waals surface area (Å²) in [7, 11) is -8.94. The van der Waals surface area contributed by atoms with Gasteiger partial charge in [-0.15, -0.1) is 0 Å². The van der Waals surface area contributed by atoms with Crippen LogP contribution < -0.4 is 215 Å². The van der Waals surface area contributed by atoms with Crippen LogP contribution in [0.25, 0.3) is 0 Å². The molecule has 0 aliphatic heterocycles. The van der Waals surface area contributed by atoms with E-state index in [1.807, 2.05) is 0 Å². The zero-order valence-corrected chi connectivity index (χ0v) is 29.6. The average Bonchev–Trinajstić information content (AvgIpc) is 1.72. The molecule has 26 heavy (non-hydrogen) atoms. The van der Waals surface area contributed by atoms with Crippen molar-refractivity contribution >= 4 is 15.6 Å². The van der Waals surface area contributed by atoms with Crippen molar-refractivity contribution < 1.29 is 267 Å². The third-order valence-corrected chi connectivity index (χ3v) is 2.06. The van der Waals surface area contributed by atoms with E-state index in [9.17, 15) is 18.9 Å². The summed E-state index contributed by atoms with van der Waals surface area (Å²) in [5.74, 6) is 0. The van der Waals surface area contributed by atoms with Gasteiger partial charge in [-0.3, -0.25) is 4.52 Å². The topological polar surface area (TPSA) is 264 Å². The molecule has 0 unspecified atom stereocenters. The first-order valence-corrected chi connectivity index (χ1v) is 7.27. The van der Waals surface area contributed by atoms with E-state index in [1.165, 1.54) is 13.8 Å². The minimum Gasteiger partial charge on any atom is -1.00 e. The molecule has 0 aliphatic rings. The number of phosphoric ester groups is 2. The van der Waals surface area contributed by atoms with Crippen LogP contribution in [0.5, 0.6) is 0 Å². The second-order valence-electron chi connectivity index (χ2n) is 3.25. The van der Waals surface area contributed by atoms with E-state index in [4.69, 9.17) is 9.79 Å². The summed E-state index contributed by atoms with van der Waals surface area (Å²) in [5, 5.41) is 0. The Bertz CT molecular complexity index is 265. The molecule has 0 bridgehead atoms. The van der Waals surface area contributed by atoms with Crippen molar-refractivity contribution in [3.63, 3.8) is 0 Å². The normalized spacial score (nSPS) is 7.77. The Morgan fingerprint density at radius 2 is 0.962 bits per heavy atom. The summed E-state index contributed by atoms with van der Waals surface area (Å²) in [6.07, 6.45) is -0.966. The molecule has 0 aromatic rings. The van der Waals surface area contributed by atoms with Gasteiger partial charge in [0.25, 0.3) is 0 Å². The second kappa shape index (κ2) is 41.8. The maximum atomic E-state index is 9.91. The summed E-state index contributed by atoms with van der Waals surface area (Å²) in [4.78, 5) is 35.5. The van der Waals surface area contributed by atoms with Crippen LogP contribution >= 0.6 is 15.6 Å². The smallest absolute Gasteiger partial charge is 1.00 e. The van der Waals surface area contributed by atoms with Crippen LogP contribution in [-0.2, 0) is 18.2 Å². The number of phosphoric acid groups is 2. The number of hydrogen-bond donors (Lipinski definition) is 2. The van der Waals surface area contributed by atoms with Gasteiger partial charge in [-0.1, -0.05) is 14.9 Å². The Morgan fingerprint density at radius 3 is 0.962 bits per heavy atom. The SMILES string of the molecule is C.C.CC(C)OP(=O)(O)O.CC(C)OP(=O)([O-])[O-].O.O.O.[H-].[K+].[K+].[K+].[K+].[OH-]. The molecule has 0 aromatic carbocycles. The molecule has 9 N–H and O–H groups in total. The van der Waals surface area contributed by atoms with Crippen LogP contribution in [0.15, 0.2) is 0 Å². The van der Waals surface area contributed by atoms with Gasteiger partial charge in [0.1, 0.15) is 0 Å². The molecule has 0 saturated heterocycles. The fourth-order valence-corrected chi connectivity index (χ4v) is 1.60. The predicted molar refractivity (Wildman–Crippen MR) is 79.4 cm³/mol. The summed E-state index contributed by atoms with van der Waals surface area (Å²) in [6.45, 7) is 6.06. The van der Waals surface area contributed by atoms with Gasteiger partial charge in [0, 0.05) is 0 Å². The van der Waals surface area contributed by atoms with E-state index in [2.05, 4.69) is 9.05 Å². The van der Waals surface area contributed by atoms with E-state index in [1.54, 1.807) is 13.8 Å². The number of hydrogen-bond acceptors (Lipinski definition) is 7. The third kappa shape index (κ3) is 97.3. The van der Waals surface area contributed by atoms with Crippen LogP contribution in [0.2, 0.25) is 0 Å². The van der Waals surface area contributed by atoms with Crippen LogP contribution in [0.1, 0.15) is 44.0 Å². The molecule has 0 heterocycles. The van der Waals surface area contributed by atoms with Crippen LogP contribution in [-0.4, -0.2) is 43.9 Å². The zero-order valence-electron chi connectivity index (χ0n) is 16.3. The molecule has 0 radical (unpaired) electrons. The van der Waals surface area contributed by atoms with Gasteiger partial charge in [0.05, 0.1) is 20.0 Å². The first-order valence-electron chi connectivity index (χ1n) is 4.28. The van der Waals surface area contributed by atoms with Crippen molar-refractivity contribution in [3.8, 4) is 0 Å². The molecule has 0 saturated carbocycles. The molecule has 150 valence electrons. The maximum Gasteiger partial charge on any atom is 1.00 e. The van der Waals surface area contributed by atoms with Gasteiger partial charge >= 0.3 is 213 Å². The molecule has 0 fully saturated rings. The molecular formula is C8H32K4O12P2. The Hall–Kier alpha value is 6.61. The quantitative estimate of drug-likeness (QED) is 0.254. The average molecular weight is 539 g/mol. The third-order valence-electron chi connectivity index (χ3n) is 0.688. The van der Waals surface area contributed by atoms with Crippen molar-refractivity contribution in [2.45, 2.75) is 54.8 Å². The molecule has 0 rings (SSSR count). The Morgan fingerprint density at radius 1 is 0.769 bits per heavy atom. The maximum absolute atomic E-state index is 9.91. The van der Waals surface area contributed by atoms with Crippen LogP contribution in [0, 0.1) is 0 Å². The summed E-state index contributed by atoms with van der Waals surface area (Å²) >= 11 is 0. The van der Waals surface area contributed by atoms with Crippen molar-refractivity contribution in [3.05, 3.63) is 0 Å². The Labute approximate surface area is 328 Å². The van der Waals surface area contributed by atoms with E-state index in [-0.39, 0.29) is 244 Å². The molecule has 0 atom stereocenters. The molecule has 0 amide bonds. The molecule has 18 heteroatoms. The Kier molecular flexibility index (Phi) is 123. The minimum atomic E-state index is -4.72. The van der Waals surface area contributed by atoms with Crippen molar-refractivity contribution in [1.29, 1.82) is 0 Å². The van der Waals surface area contributed by atoms with Gasteiger partial charge in [0.2, 0.25) is 0 Å². The van der Waals surface area contributed by atoms with Crippen LogP contribution in [0.3, 0.4) is 0 Å². The first kappa shape index (κ1) is 76.7. The fourth-order valence-electron chi connectivity index (χ4n) is 0.533. The van der Waals surface area contributed by atoms with Gasteiger partial charge < -0.3 is 52.0 Å². The van der Waals surface area contributed by atoms with E-state index >= 15 is 0 Å². The largest absolute Gasteiger partial charge is 1.00 e. The molecule has 0 aliphatic carbocycles. The van der Waals surface area contributed by atoms with E-state index in [0.29, 0.717) is 0 Å². The van der Waals surface area contributed by atoms with Gasteiger partial charge in [0.15, 0.2) is 0 Å². The zero-order chi connectivity index (χ0) is 13.6. The molecule has 0 aromatic heterocycles. The molecular weight excluding hydrogens is 506 g/mol. The van der Waals surface area contributed by atoms with Gasteiger partial charge in [-0.05, 0) is 27.7 Å². The first-order chi connectivity index (χ1) is 6.83. The van der Waals surface area contributed by atoms with Crippen molar-refractivity contribution in [2.24, 2.45) is 0 Å². The Balaban J connectivity index is -0.00000000938. The fraction of sp³-hybridized carbons (Fsp3) is 1.00. The van der Waals surface area contributed by atoms with E-state index < -0.39 is 27.9 Å². The summed E-state index contributed by atoms with van der Waals surface area (Å²) < 4.78 is 27.6. The summed E-state index contributed by atoms with van der Waals surface area (Å²) in [5.41, 5.74) is 0. The monoisotopic (exact) mass is 538 g/mol. The van der Waals surface area contributed by atoms with E-state index in [0.717, 1.165) is 0 Å². The second-order valence-corrected chi connectivity index (χ2v) is 5.54. The standard InChI is InChI=1S/2C3H9O4P.2CH4.4K.4H2O.H/c2*1-3(2)7-8(4,5)6;;;;;;;;;;;/h2*3H,1-2H3,(H2,4,5,6);2*1H4;;;;;4*1H2;/q;;;;4*+1;;;;;-1/p-3.